The second-order valence-electron chi connectivity index (χ2n) is 7.54. The van der Waals surface area contributed by atoms with E-state index in [1.807, 2.05) is 38.1 Å². The van der Waals surface area contributed by atoms with Gasteiger partial charge in [-0.15, -0.1) is 0 Å². The number of nitrogens with zero attached hydrogens (tertiary/aromatic N) is 1. The summed E-state index contributed by atoms with van der Waals surface area (Å²) in [5.41, 5.74) is 2.00. The molecule has 3 rings (SSSR count). The lowest BCUT2D eigenvalue weighted by Gasteiger charge is -2.19. The number of ether oxygens (including phenoxy) is 1. The normalized spacial score (nSPS) is 15.8. The van der Waals surface area contributed by atoms with Gasteiger partial charge in [0.25, 0.3) is 5.91 Å². The molecule has 0 radical (unpaired) electrons. The van der Waals surface area contributed by atoms with E-state index in [4.69, 9.17) is 4.74 Å². The summed E-state index contributed by atoms with van der Waals surface area (Å²) in [5.74, 6) is 0.465. The molecule has 29 heavy (non-hydrogen) atoms. The first-order valence-corrected chi connectivity index (χ1v) is 11.3. The second kappa shape index (κ2) is 8.97. The van der Waals surface area contributed by atoms with Gasteiger partial charge in [0, 0.05) is 18.7 Å². The van der Waals surface area contributed by atoms with Crippen molar-refractivity contribution in [1.29, 1.82) is 0 Å². The van der Waals surface area contributed by atoms with Gasteiger partial charge in [-0.05, 0) is 62.9 Å². The first kappa shape index (κ1) is 21.3. The van der Waals surface area contributed by atoms with Crippen LogP contribution in [0.15, 0.2) is 47.4 Å². The molecule has 1 N–H and O–H groups in total. The lowest BCUT2D eigenvalue weighted by atomic mass is 10.1. The predicted molar refractivity (Wildman–Crippen MR) is 113 cm³/mol. The van der Waals surface area contributed by atoms with Crippen LogP contribution in [-0.4, -0.2) is 44.4 Å². The fourth-order valence-corrected chi connectivity index (χ4v) is 5.14. The minimum absolute atomic E-state index is 0.205. The van der Waals surface area contributed by atoms with Crippen molar-refractivity contribution in [2.45, 2.75) is 44.6 Å². The van der Waals surface area contributed by atoms with Gasteiger partial charge >= 0.3 is 0 Å². The molecular weight excluding hydrogens is 388 g/mol. The quantitative estimate of drug-likeness (QED) is 0.752. The third-order valence-corrected chi connectivity index (χ3v) is 7.13. The van der Waals surface area contributed by atoms with Crippen LogP contribution in [0.4, 0.5) is 0 Å². The third-order valence-electron chi connectivity index (χ3n) is 5.09. The molecule has 0 aromatic heterocycles. The van der Waals surface area contributed by atoms with Crippen molar-refractivity contribution in [3.05, 3.63) is 59.2 Å². The Bertz CT molecular complexity index is 982. The third kappa shape index (κ3) is 4.97. The molecule has 1 aliphatic rings. The zero-order valence-electron chi connectivity index (χ0n) is 17.1. The van der Waals surface area contributed by atoms with Gasteiger partial charge in [-0.3, -0.25) is 4.79 Å². The highest BCUT2D eigenvalue weighted by Crippen LogP contribution is 2.24. The van der Waals surface area contributed by atoms with Crippen molar-refractivity contribution < 1.29 is 17.9 Å². The first-order valence-electron chi connectivity index (χ1n) is 9.89. The average molecular weight is 417 g/mol. The van der Waals surface area contributed by atoms with Gasteiger partial charge in [-0.25, -0.2) is 8.42 Å². The van der Waals surface area contributed by atoms with Gasteiger partial charge in [-0.2, -0.15) is 4.31 Å². The molecule has 0 bridgehead atoms. The summed E-state index contributed by atoms with van der Waals surface area (Å²) in [6.07, 6.45) is 1.74. The van der Waals surface area contributed by atoms with E-state index in [1.165, 1.54) is 10.4 Å². The van der Waals surface area contributed by atoms with Crippen LogP contribution in [0.25, 0.3) is 0 Å². The molecule has 1 amide bonds. The number of hydrogen-bond acceptors (Lipinski definition) is 4. The SMILES string of the molecule is Cc1ccccc1OC[C@H](C)NC(=O)c1ccc(C)c(S(=O)(=O)N2CCCC2)c1. The van der Waals surface area contributed by atoms with Gasteiger partial charge in [0.1, 0.15) is 12.4 Å². The molecule has 0 saturated carbocycles. The van der Waals surface area contributed by atoms with E-state index in [0.717, 1.165) is 24.2 Å². The Morgan fingerprint density at radius 2 is 1.79 bits per heavy atom. The zero-order valence-corrected chi connectivity index (χ0v) is 18.0. The molecule has 0 spiro atoms. The number of para-hydroxylation sites is 1. The molecule has 1 atom stereocenters. The number of rotatable bonds is 7. The summed E-state index contributed by atoms with van der Waals surface area (Å²) >= 11 is 0. The standard InChI is InChI=1S/C22H28N2O4S/c1-16-8-4-5-9-20(16)28-15-18(3)23-22(25)19-11-10-17(2)21(14-19)29(26,27)24-12-6-7-13-24/h4-5,8-11,14,18H,6-7,12-13,15H2,1-3H3,(H,23,25)/t18-/m0/s1. The number of nitrogens with one attached hydrogen (secondary N) is 1. The van der Waals surface area contributed by atoms with Gasteiger partial charge in [0.05, 0.1) is 10.9 Å². The van der Waals surface area contributed by atoms with Gasteiger partial charge in [0.15, 0.2) is 0 Å². The number of sulfonamides is 1. The van der Waals surface area contributed by atoms with Crippen molar-refractivity contribution in [3.8, 4) is 5.75 Å². The van der Waals surface area contributed by atoms with Crippen LogP contribution in [0.1, 0.15) is 41.3 Å². The fourth-order valence-electron chi connectivity index (χ4n) is 3.37. The van der Waals surface area contributed by atoms with Crippen molar-refractivity contribution in [3.63, 3.8) is 0 Å². The van der Waals surface area contributed by atoms with Crippen molar-refractivity contribution in [2.24, 2.45) is 0 Å². The average Bonchev–Trinajstić information content (AvgIpc) is 3.23. The second-order valence-corrected chi connectivity index (χ2v) is 9.45. The molecule has 2 aromatic carbocycles. The smallest absolute Gasteiger partial charge is 0.251 e. The maximum Gasteiger partial charge on any atom is 0.251 e. The van der Waals surface area contributed by atoms with Crippen LogP contribution >= 0.6 is 0 Å². The van der Waals surface area contributed by atoms with Crippen LogP contribution in [-0.2, 0) is 10.0 Å². The zero-order chi connectivity index (χ0) is 21.0. The van der Waals surface area contributed by atoms with Crippen molar-refractivity contribution in [2.75, 3.05) is 19.7 Å². The highest BCUT2D eigenvalue weighted by molar-refractivity contribution is 7.89. The Kier molecular flexibility index (Phi) is 6.59. The maximum absolute atomic E-state index is 12.9. The summed E-state index contributed by atoms with van der Waals surface area (Å²) in [4.78, 5) is 12.9. The minimum Gasteiger partial charge on any atom is -0.491 e. The van der Waals surface area contributed by atoms with Crippen LogP contribution < -0.4 is 10.1 Å². The predicted octanol–water partition coefficient (Wildman–Crippen LogP) is 3.29. The van der Waals surface area contributed by atoms with Crippen molar-refractivity contribution >= 4 is 15.9 Å². The van der Waals surface area contributed by atoms with Crippen LogP contribution in [0.2, 0.25) is 0 Å². The number of benzene rings is 2. The molecule has 2 aromatic rings. The Hall–Kier alpha value is -2.38. The minimum atomic E-state index is -3.58. The summed E-state index contributed by atoms with van der Waals surface area (Å²) in [7, 11) is -3.58. The molecular formula is C22H28N2O4S. The Labute approximate surface area is 172 Å². The highest BCUT2D eigenvalue weighted by Gasteiger charge is 2.29. The largest absolute Gasteiger partial charge is 0.491 e. The Morgan fingerprint density at radius 3 is 2.48 bits per heavy atom. The van der Waals surface area contributed by atoms with E-state index < -0.39 is 10.0 Å². The molecule has 0 aliphatic carbocycles. The molecule has 6 nitrogen and oxygen atoms in total. The first-order chi connectivity index (χ1) is 13.8. The van der Waals surface area contributed by atoms with Crippen LogP contribution in [0, 0.1) is 13.8 Å². The lowest BCUT2D eigenvalue weighted by molar-refractivity contribution is 0.0926. The summed E-state index contributed by atoms with van der Waals surface area (Å²) in [5, 5.41) is 2.88. The maximum atomic E-state index is 12.9. The summed E-state index contributed by atoms with van der Waals surface area (Å²) < 4.78 is 33.1. The molecule has 1 aliphatic heterocycles. The van der Waals surface area contributed by atoms with E-state index in [-0.39, 0.29) is 16.8 Å². The molecule has 1 fully saturated rings. The lowest BCUT2D eigenvalue weighted by Crippen LogP contribution is -2.37. The van der Waals surface area contributed by atoms with Crippen LogP contribution in [0.3, 0.4) is 0 Å². The van der Waals surface area contributed by atoms with Crippen molar-refractivity contribution in [1.82, 2.24) is 9.62 Å². The topological polar surface area (TPSA) is 75.7 Å². The van der Waals surface area contributed by atoms with Gasteiger partial charge < -0.3 is 10.1 Å². The fraction of sp³-hybridized carbons (Fsp3) is 0.409. The molecule has 156 valence electrons. The number of hydrogen-bond donors (Lipinski definition) is 1. The van der Waals surface area contributed by atoms with E-state index in [1.54, 1.807) is 19.1 Å². The Balaban J connectivity index is 1.68. The molecule has 7 heteroatoms. The van der Waals surface area contributed by atoms with E-state index in [9.17, 15) is 13.2 Å². The van der Waals surface area contributed by atoms with E-state index >= 15 is 0 Å². The molecule has 1 saturated heterocycles. The highest BCUT2D eigenvalue weighted by atomic mass is 32.2. The Morgan fingerprint density at radius 1 is 1.10 bits per heavy atom. The van der Waals surface area contributed by atoms with Crippen LogP contribution in [0.5, 0.6) is 5.75 Å². The molecule has 0 unspecified atom stereocenters. The van der Waals surface area contributed by atoms with E-state index in [2.05, 4.69) is 5.32 Å². The van der Waals surface area contributed by atoms with Gasteiger partial charge in [0.2, 0.25) is 10.0 Å². The number of carbonyl (C=O) groups excluding carboxylic acids is 1. The summed E-state index contributed by atoms with van der Waals surface area (Å²) in [6.45, 7) is 6.96. The van der Waals surface area contributed by atoms with E-state index in [0.29, 0.717) is 30.8 Å². The monoisotopic (exact) mass is 416 g/mol. The molecule has 1 heterocycles. The number of amides is 1. The number of aryl methyl sites for hydroxylation is 2. The summed E-state index contributed by atoms with van der Waals surface area (Å²) in [6, 6.07) is 12.3. The van der Waals surface area contributed by atoms with Gasteiger partial charge in [-0.1, -0.05) is 24.3 Å². The number of carbonyl (C=O) groups is 1.